The summed E-state index contributed by atoms with van der Waals surface area (Å²) in [7, 11) is 3.44. The van der Waals surface area contributed by atoms with Gasteiger partial charge in [0.1, 0.15) is 18.7 Å². The van der Waals surface area contributed by atoms with E-state index in [1.54, 1.807) is 33.7 Å². The van der Waals surface area contributed by atoms with Gasteiger partial charge < -0.3 is 10.2 Å². The molecule has 1 aromatic heterocycles. The van der Waals surface area contributed by atoms with Gasteiger partial charge in [-0.15, -0.1) is 0 Å². The molecule has 136 valence electrons. The van der Waals surface area contributed by atoms with E-state index < -0.39 is 6.04 Å². The van der Waals surface area contributed by atoms with Crippen molar-refractivity contribution in [3.63, 3.8) is 0 Å². The third-order valence-electron chi connectivity index (χ3n) is 6.58. The van der Waals surface area contributed by atoms with E-state index in [-0.39, 0.29) is 22.8 Å². The summed E-state index contributed by atoms with van der Waals surface area (Å²) in [5.41, 5.74) is -0.441. The highest BCUT2D eigenvalue weighted by molar-refractivity contribution is 5.90. The van der Waals surface area contributed by atoms with Gasteiger partial charge in [-0.05, 0) is 57.3 Å². The smallest absolute Gasteiger partial charge is 0.244 e. The molecule has 1 aromatic rings. The third kappa shape index (κ3) is 2.55. The number of hydrogen-bond donors (Lipinski definition) is 1. The van der Waals surface area contributed by atoms with Crippen LogP contribution in [0.5, 0.6) is 0 Å². The number of nitrogens with zero attached hydrogens (tertiary/aromatic N) is 4. The van der Waals surface area contributed by atoms with Crippen LogP contribution in [0.15, 0.2) is 12.7 Å². The van der Waals surface area contributed by atoms with E-state index in [4.69, 9.17) is 0 Å². The lowest BCUT2D eigenvalue weighted by atomic mass is 9.46. The molecule has 7 nitrogen and oxygen atoms in total. The molecule has 4 aliphatic carbocycles. The van der Waals surface area contributed by atoms with Gasteiger partial charge in [-0.3, -0.25) is 9.59 Å². The van der Waals surface area contributed by atoms with E-state index >= 15 is 0 Å². The predicted molar refractivity (Wildman–Crippen MR) is 91.4 cm³/mol. The Kier molecular flexibility index (Phi) is 3.67. The fourth-order valence-electron chi connectivity index (χ4n) is 6.00. The zero-order chi connectivity index (χ0) is 17.8. The molecule has 5 rings (SSSR count). The number of nitrogens with one attached hydrogen (secondary N) is 1. The largest absolute Gasteiger partial charge is 0.347 e. The van der Waals surface area contributed by atoms with Crippen LogP contribution in [0.2, 0.25) is 0 Å². The number of rotatable bonds is 4. The number of aromatic nitrogens is 3. The Bertz CT molecular complexity index is 670. The van der Waals surface area contributed by atoms with Gasteiger partial charge in [0.05, 0.1) is 11.0 Å². The van der Waals surface area contributed by atoms with E-state index in [1.807, 2.05) is 4.68 Å². The maximum Gasteiger partial charge on any atom is 0.244 e. The van der Waals surface area contributed by atoms with E-state index in [0.29, 0.717) is 11.8 Å². The number of likely N-dealkylation sites (N-methyl/N-ethyl adjacent to an activating group) is 1. The average molecular weight is 345 g/mol. The number of hydrogen-bond acceptors (Lipinski definition) is 4. The van der Waals surface area contributed by atoms with Crippen molar-refractivity contribution >= 4 is 11.8 Å². The summed E-state index contributed by atoms with van der Waals surface area (Å²) >= 11 is 0. The van der Waals surface area contributed by atoms with Crippen molar-refractivity contribution in [3.8, 4) is 0 Å². The molecular formula is C18H27N5O2. The monoisotopic (exact) mass is 345 g/mol. The maximum atomic E-state index is 13.2. The minimum atomic E-state index is -0.488. The molecule has 0 unspecified atom stereocenters. The molecule has 1 heterocycles. The minimum Gasteiger partial charge on any atom is -0.347 e. The molecule has 4 fully saturated rings. The lowest BCUT2D eigenvalue weighted by Gasteiger charge is -2.61. The Balaban J connectivity index is 1.59. The molecule has 0 aliphatic heterocycles. The second-order valence-electron chi connectivity index (χ2n) is 8.73. The van der Waals surface area contributed by atoms with E-state index in [2.05, 4.69) is 15.4 Å². The van der Waals surface area contributed by atoms with Crippen molar-refractivity contribution in [3.05, 3.63) is 12.7 Å². The average Bonchev–Trinajstić information content (AvgIpc) is 3.08. The SMILES string of the molecule is C[C@H](NC(=O)C12C[C@@H]3C[C@@H](C1)CC(n1cncn1)(C3)C2)C(=O)N(C)C. The highest BCUT2D eigenvalue weighted by Crippen LogP contribution is 2.64. The molecule has 0 saturated heterocycles. The molecule has 4 aliphatic rings. The Labute approximate surface area is 148 Å². The Morgan fingerprint density at radius 3 is 2.48 bits per heavy atom. The summed E-state index contributed by atoms with van der Waals surface area (Å²) in [5, 5.41) is 7.43. The van der Waals surface area contributed by atoms with Crippen LogP contribution < -0.4 is 5.32 Å². The number of carbonyl (C=O) groups is 2. The van der Waals surface area contributed by atoms with Crippen LogP contribution in [0.25, 0.3) is 0 Å². The van der Waals surface area contributed by atoms with Crippen LogP contribution in [0.1, 0.15) is 45.4 Å². The molecule has 7 heteroatoms. The van der Waals surface area contributed by atoms with Crippen molar-refractivity contribution in [2.75, 3.05) is 14.1 Å². The van der Waals surface area contributed by atoms with Gasteiger partial charge >= 0.3 is 0 Å². The Hall–Kier alpha value is -1.92. The van der Waals surface area contributed by atoms with Gasteiger partial charge in [-0.25, -0.2) is 9.67 Å². The first-order valence-electron chi connectivity index (χ1n) is 9.21. The summed E-state index contributed by atoms with van der Waals surface area (Å²) in [6.45, 7) is 1.77. The highest BCUT2D eigenvalue weighted by atomic mass is 16.2. The summed E-state index contributed by atoms with van der Waals surface area (Å²) < 4.78 is 2.00. The molecule has 4 saturated carbocycles. The number of amides is 2. The first kappa shape index (κ1) is 16.5. The summed E-state index contributed by atoms with van der Waals surface area (Å²) in [5.74, 6) is 1.12. The van der Waals surface area contributed by atoms with Gasteiger partial charge in [0, 0.05) is 14.1 Å². The lowest BCUT2D eigenvalue weighted by molar-refractivity contribution is -0.158. The van der Waals surface area contributed by atoms with Gasteiger partial charge in [0.25, 0.3) is 0 Å². The second-order valence-corrected chi connectivity index (χ2v) is 8.73. The van der Waals surface area contributed by atoms with Crippen molar-refractivity contribution < 1.29 is 9.59 Å². The fourth-order valence-corrected chi connectivity index (χ4v) is 6.00. The summed E-state index contributed by atoms with van der Waals surface area (Å²) in [4.78, 5) is 31.0. The summed E-state index contributed by atoms with van der Waals surface area (Å²) in [6, 6.07) is -0.488. The fraction of sp³-hybridized carbons (Fsp3) is 0.778. The first-order chi connectivity index (χ1) is 11.8. The molecule has 1 N–H and O–H groups in total. The van der Waals surface area contributed by atoms with E-state index in [9.17, 15) is 9.59 Å². The van der Waals surface area contributed by atoms with Gasteiger partial charge in [0.15, 0.2) is 0 Å². The molecule has 2 amide bonds. The normalized spacial score (nSPS) is 36.9. The molecule has 25 heavy (non-hydrogen) atoms. The molecule has 4 bridgehead atoms. The molecule has 3 atom stereocenters. The molecule has 0 radical (unpaired) electrons. The van der Waals surface area contributed by atoms with E-state index in [1.165, 1.54) is 11.3 Å². The van der Waals surface area contributed by atoms with Gasteiger partial charge in [-0.1, -0.05) is 0 Å². The lowest BCUT2D eigenvalue weighted by Crippen LogP contribution is -2.62. The predicted octanol–water partition coefficient (Wildman–Crippen LogP) is 1.17. The van der Waals surface area contributed by atoms with E-state index in [0.717, 1.165) is 32.1 Å². The van der Waals surface area contributed by atoms with Crippen molar-refractivity contribution in [1.82, 2.24) is 25.0 Å². The zero-order valence-corrected chi connectivity index (χ0v) is 15.2. The van der Waals surface area contributed by atoms with Crippen LogP contribution in [-0.2, 0) is 15.1 Å². The van der Waals surface area contributed by atoms with Crippen LogP contribution in [0.4, 0.5) is 0 Å². The molecule has 0 spiro atoms. The van der Waals surface area contributed by atoms with Gasteiger partial charge in [0.2, 0.25) is 11.8 Å². The van der Waals surface area contributed by atoms with Crippen LogP contribution in [0, 0.1) is 17.3 Å². The first-order valence-corrected chi connectivity index (χ1v) is 9.21. The molecule has 0 aromatic carbocycles. The quantitative estimate of drug-likeness (QED) is 0.888. The number of carbonyl (C=O) groups excluding carboxylic acids is 2. The summed E-state index contributed by atoms with van der Waals surface area (Å²) in [6.07, 6.45) is 9.48. The van der Waals surface area contributed by atoms with Crippen LogP contribution >= 0.6 is 0 Å². The Morgan fingerprint density at radius 2 is 1.92 bits per heavy atom. The minimum absolute atomic E-state index is 0.0498. The maximum absolute atomic E-state index is 13.2. The van der Waals surface area contributed by atoms with Crippen LogP contribution in [-0.4, -0.2) is 51.6 Å². The van der Waals surface area contributed by atoms with Gasteiger partial charge in [-0.2, -0.15) is 5.10 Å². The van der Waals surface area contributed by atoms with Crippen molar-refractivity contribution in [2.24, 2.45) is 17.3 Å². The van der Waals surface area contributed by atoms with Crippen molar-refractivity contribution in [1.29, 1.82) is 0 Å². The Morgan fingerprint density at radius 1 is 1.24 bits per heavy atom. The van der Waals surface area contributed by atoms with Crippen LogP contribution in [0.3, 0.4) is 0 Å². The second kappa shape index (κ2) is 5.54. The zero-order valence-electron chi connectivity index (χ0n) is 15.2. The topological polar surface area (TPSA) is 80.1 Å². The molecular weight excluding hydrogens is 318 g/mol. The van der Waals surface area contributed by atoms with Crippen molar-refractivity contribution in [2.45, 2.75) is 57.0 Å². The third-order valence-corrected chi connectivity index (χ3v) is 6.58. The highest BCUT2D eigenvalue weighted by Gasteiger charge is 2.61. The standard InChI is InChI=1S/C18H27N5O2/c1-12(15(24)22(2)3)21-16(25)17-5-13-4-14(6-17)8-18(7-13,9-17)23-11-19-10-20-23/h10-14H,4-9H2,1-3H3,(H,21,25)/t12-,13-,14-,17?,18?/m0/s1.